The van der Waals surface area contributed by atoms with Gasteiger partial charge in [0.1, 0.15) is 6.04 Å². The summed E-state index contributed by atoms with van der Waals surface area (Å²) in [6.07, 6.45) is -1.34. The van der Waals surface area contributed by atoms with Crippen molar-refractivity contribution in [2.75, 3.05) is 13.6 Å². The van der Waals surface area contributed by atoms with Gasteiger partial charge in [-0.15, -0.1) is 0 Å². The Morgan fingerprint density at radius 3 is 2.27 bits per heavy atom. The molecule has 1 atom stereocenters. The van der Waals surface area contributed by atoms with Crippen LogP contribution in [0.4, 0.5) is 4.79 Å². The van der Waals surface area contributed by atoms with Gasteiger partial charge in [-0.05, 0) is 7.05 Å². The van der Waals surface area contributed by atoms with Gasteiger partial charge >= 0.3 is 12.1 Å². The number of aliphatic carboxylic acids is 1. The van der Waals surface area contributed by atoms with E-state index in [2.05, 4.69) is 5.32 Å². The second-order valence-electron chi connectivity index (χ2n) is 1.90. The second-order valence-corrected chi connectivity index (χ2v) is 1.90. The normalized spacial score (nSPS) is 12.1. The van der Waals surface area contributed by atoms with Crippen molar-refractivity contribution in [3.05, 3.63) is 0 Å². The van der Waals surface area contributed by atoms with E-state index < -0.39 is 18.1 Å². The molecule has 6 heteroatoms. The Balaban J connectivity index is 3.89. The quantitative estimate of drug-likeness (QED) is 0.421. The summed E-state index contributed by atoms with van der Waals surface area (Å²) >= 11 is 0. The summed E-state index contributed by atoms with van der Waals surface area (Å²) in [6, 6.07) is -1.09. The maximum atomic E-state index is 10.3. The molecule has 0 spiro atoms. The van der Waals surface area contributed by atoms with E-state index >= 15 is 0 Å². The van der Waals surface area contributed by atoms with Crippen LogP contribution in [0.3, 0.4) is 0 Å². The molecular formula is C5H10N2O4. The molecule has 0 radical (unpaired) electrons. The number of likely N-dealkylation sites (N-methyl/N-ethyl adjacent to an activating group) is 1. The second kappa shape index (κ2) is 4.51. The molecule has 0 saturated heterocycles. The van der Waals surface area contributed by atoms with E-state index in [1.807, 2.05) is 5.32 Å². The first kappa shape index (κ1) is 9.70. The van der Waals surface area contributed by atoms with Crippen LogP contribution in [0.5, 0.6) is 0 Å². The van der Waals surface area contributed by atoms with Crippen molar-refractivity contribution in [1.29, 1.82) is 0 Å². The highest BCUT2D eigenvalue weighted by Gasteiger charge is 2.17. The van der Waals surface area contributed by atoms with Crippen LogP contribution in [0, 0.1) is 0 Å². The molecule has 0 bridgehead atoms. The summed E-state index contributed by atoms with van der Waals surface area (Å²) in [7, 11) is 1.54. The molecule has 11 heavy (non-hydrogen) atoms. The van der Waals surface area contributed by atoms with Gasteiger partial charge in [0.05, 0.1) is 0 Å². The van der Waals surface area contributed by atoms with Crippen LogP contribution in [-0.2, 0) is 4.79 Å². The number of carbonyl (C=O) groups is 2. The summed E-state index contributed by atoms with van der Waals surface area (Å²) in [5.41, 5.74) is 0. The first-order chi connectivity index (χ1) is 5.07. The Kier molecular flexibility index (Phi) is 3.97. The highest BCUT2D eigenvalue weighted by Crippen LogP contribution is 1.80. The van der Waals surface area contributed by atoms with Gasteiger partial charge in [-0.3, -0.25) is 0 Å². The molecule has 0 fully saturated rings. The van der Waals surface area contributed by atoms with Crippen LogP contribution < -0.4 is 10.6 Å². The van der Waals surface area contributed by atoms with Gasteiger partial charge in [-0.25, -0.2) is 9.59 Å². The molecule has 4 N–H and O–H groups in total. The van der Waals surface area contributed by atoms with E-state index in [9.17, 15) is 9.59 Å². The van der Waals surface area contributed by atoms with Crippen LogP contribution in [0.2, 0.25) is 0 Å². The van der Waals surface area contributed by atoms with Crippen molar-refractivity contribution >= 4 is 12.1 Å². The van der Waals surface area contributed by atoms with Gasteiger partial charge in [0, 0.05) is 6.54 Å². The lowest BCUT2D eigenvalue weighted by Gasteiger charge is -2.10. The first-order valence-corrected chi connectivity index (χ1v) is 2.94. The van der Waals surface area contributed by atoms with E-state index in [-0.39, 0.29) is 6.54 Å². The average Bonchev–Trinajstić information content (AvgIpc) is 1.86. The van der Waals surface area contributed by atoms with E-state index in [1.54, 1.807) is 7.05 Å². The maximum absolute atomic E-state index is 10.3. The number of hydrogen-bond acceptors (Lipinski definition) is 3. The van der Waals surface area contributed by atoms with Crippen molar-refractivity contribution in [2.45, 2.75) is 6.04 Å². The maximum Gasteiger partial charge on any atom is 0.405 e. The van der Waals surface area contributed by atoms with E-state index in [0.717, 1.165) is 0 Å². The molecule has 0 rings (SSSR count). The fourth-order valence-corrected chi connectivity index (χ4v) is 0.553. The van der Waals surface area contributed by atoms with Crippen molar-refractivity contribution in [2.24, 2.45) is 0 Å². The third-order valence-electron chi connectivity index (χ3n) is 1.00. The number of amides is 1. The number of rotatable bonds is 4. The van der Waals surface area contributed by atoms with Crippen LogP contribution in [0.25, 0.3) is 0 Å². The van der Waals surface area contributed by atoms with Gasteiger partial charge in [0.15, 0.2) is 0 Å². The topological polar surface area (TPSA) is 98.7 Å². The lowest BCUT2D eigenvalue weighted by atomic mass is 10.3. The average molecular weight is 162 g/mol. The number of carboxylic acids is 1. The largest absolute Gasteiger partial charge is 0.480 e. The Hall–Kier alpha value is -1.30. The molecule has 0 saturated carbocycles. The molecule has 0 unspecified atom stereocenters. The third-order valence-corrected chi connectivity index (χ3v) is 1.00. The van der Waals surface area contributed by atoms with E-state index in [1.165, 1.54) is 0 Å². The van der Waals surface area contributed by atoms with Crippen LogP contribution >= 0.6 is 0 Å². The predicted molar refractivity (Wildman–Crippen MR) is 36.5 cm³/mol. The molecule has 0 aromatic carbocycles. The molecule has 0 aromatic rings. The molecule has 1 amide bonds. The van der Waals surface area contributed by atoms with Gasteiger partial charge in [0.25, 0.3) is 0 Å². The van der Waals surface area contributed by atoms with Crippen molar-refractivity contribution < 1.29 is 19.8 Å². The molecule has 64 valence electrons. The number of nitrogens with one attached hydrogen (secondary N) is 2. The zero-order valence-corrected chi connectivity index (χ0v) is 6.00. The molecule has 0 aliphatic heterocycles. The van der Waals surface area contributed by atoms with Crippen LogP contribution in [0.15, 0.2) is 0 Å². The Morgan fingerprint density at radius 2 is 2.00 bits per heavy atom. The van der Waals surface area contributed by atoms with Gasteiger partial charge in [-0.1, -0.05) is 0 Å². The summed E-state index contributed by atoms with van der Waals surface area (Å²) in [4.78, 5) is 20.2. The van der Waals surface area contributed by atoms with Gasteiger partial charge < -0.3 is 20.8 Å². The Bertz CT molecular complexity index is 159. The summed E-state index contributed by atoms with van der Waals surface area (Å²) in [5.74, 6) is -1.19. The lowest BCUT2D eigenvalue weighted by molar-refractivity contribution is -0.139. The SMILES string of the molecule is CNC[C@H](NC(=O)O)C(=O)O. The third kappa shape index (κ3) is 4.15. The van der Waals surface area contributed by atoms with Gasteiger partial charge in [-0.2, -0.15) is 0 Å². The van der Waals surface area contributed by atoms with Gasteiger partial charge in [0.2, 0.25) is 0 Å². The summed E-state index contributed by atoms with van der Waals surface area (Å²) < 4.78 is 0. The fourth-order valence-electron chi connectivity index (χ4n) is 0.553. The molecule has 0 aliphatic rings. The van der Waals surface area contributed by atoms with Crippen molar-refractivity contribution in [3.8, 4) is 0 Å². The minimum atomic E-state index is -1.34. The van der Waals surface area contributed by atoms with E-state index in [4.69, 9.17) is 10.2 Å². The molecule has 6 nitrogen and oxygen atoms in total. The highest BCUT2D eigenvalue weighted by atomic mass is 16.4. The molecule has 0 aromatic heterocycles. The highest BCUT2D eigenvalue weighted by molar-refractivity contribution is 5.79. The van der Waals surface area contributed by atoms with Crippen LogP contribution in [0.1, 0.15) is 0 Å². The monoisotopic (exact) mass is 162 g/mol. The zero-order chi connectivity index (χ0) is 8.85. The molecular weight excluding hydrogens is 152 g/mol. The fraction of sp³-hybridized carbons (Fsp3) is 0.600. The van der Waals surface area contributed by atoms with Crippen molar-refractivity contribution in [3.63, 3.8) is 0 Å². The Morgan fingerprint density at radius 1 is 1.45 bits per heavy atom. The minimum absolute atomic E-state index is 0.0711. The molecule has 0 heterocycles. The summed E-state index contributed by atoms with van der Waals surface area (Å²) in [6.45, 7) is 0.0711. The smallest absolute Gasteiger partial charge is 0.405 e. The number of carboxylic acid groups (broad SMARTS) is 2. The van der Waals surface area contributed by atoms with E-state index in [0.29, 0.717) is 0 Å². The Labute approximate surface area is 63.2 Å². The van der Waals surface area contributed by atoms with Crippen LogP contribution in [-0.4, -0.2) is 41.9 Å². The predicted octanol–water partition coefficient (Wildman–Crippen LogP) is -1.07. The lowest BCUT2D eigenvalue weighted by Crippen LogP contribution is -2.45. The first-order valence-electron chi connectivity index (χ1n) is 2.94. The zero-order valence-electron chi connectivity index (χ0n) is 6.00. The molecule has 0 aliphatic carbocycles. The number of hydrogen-bond donors (Lipinski definition) is 4. The summed E-state index contributed by atoms with van der Waals surface area (Å²) in [5, 5.41) is 20.9. The minimum Gasteiger partial charge on any atom is -0.480 e. The standard InChI is InChI=1S/C5H10N2O4/c1-6-2-3(4(8)9)7-5(10)11/h3,6-7H,2H2,1H3,(H,8,9)(H,10,11)/t3-/m0/s1. The van der Waals surface area contributed by atoms with Crippen molar-refractivity contribution in [1.82, 2.24) is 10.6 Å².